The van der Waals surface area contributed by atoms with Gasteiger partial charge in [-0.15, -0.1) is 4.91 Å². The number of benzene rings is 2. The van der Waals surface area contributed by atoms with E-state index in [0.717, 1.165) is 5.01 Å². The smallest absolute Gasteiger partial charge is 0.282 e. The minimum atomic E-state index is -0.607. The van der Waals surface area contributed by atoms with E-state index in [2.05, 4.69) is 10.6 Å². The summed E-state index contributed by atoms with van der Waals surface area (Å²) in [6, 6.07) is 9.37. The monoisotopic (exact) mass is 371 g/mol. The normalized spacial score (nSPS) is 17.0. The number of amides is 2. The first-order valence-electron chi connectivity index (χ1n) is 7.46. The minimum Gasteiger partial charge on any atom is -0.454 e. The maximum atomic E-state index is 12.6. The van der Waals surface area contributed by atoms with Crippen molar-refractivity contribution in [1.29, 1.82) is 0 Å². The maximum Gasteiger partial charge on any atom is 0.282 e. The van der Waals surface area contributed by atoms with Gasteiger partial charge in [-0.05, 0) is 35.5 Å². The van der Waals surface area contributed by atoms with Crippen LogP contribution in [-0.2, 0) is 9.59 Å². The first-order chi connectivity index (χ1) is 12.6. The Labute approximate surface area is 151 Å². The summed E-state index contributed by atoms with van der Waals surface area (Å²) in [4.78, 5) is 36.0. The van der Waals surface area contributed by atoms with Crippen molar-refractivity contribution in [2.45, 2.75) is 0 Å². The molecule has 0 spiro atoms. The topological polar surface area (TPSA) is 97.3 Å². The highest BCUT2D eigenvalue weighted by molar-refractivity contribution is 6.33. The standard InChI is InChI=1S/C17H10ClN3O5/c18-10-2-1-3-11(6-10)21-17(23)12(16(22)19-21)4-9-5-14-15(26-8-25-14)7-13(9)20-24/h1-7H,8H2,(H,19,22). The number of nitrogens with one attached hydrogen (secondary N) is 1. The summed E-state index contributed by atoms with van der Waals surface area (Å²) in [6.07, 6.45) is 1.29. The highest BCUT2D eigenvalue weighted by atomic mass is 35.5. The molecule has 1 fully saturated rings. The Morgan fingerprint density at radius 3 is 2.65 bits per heavy atom. The van der Waals surface area contributed by atoms with E-state index in [1.807, 2.05) is 0 Å². The number of halogens is 1. The summed E-state index contributed by atoms with van der Waals surface area (Å²) in [5.41, 5.74) is 3.04. The largest absolute Gasteiger partial charge is 0.454 e. The lowest BCUT2D eigenvalue weighted by molar-refractivity contribution is -0.117. The van der Waals surface area contributed by atoms with Crippen LogP contribution in [0.25, 0.3) is 6.08 Å². The summed E-state index contributed by atoms with van der Waals surface area (Å²) >= 11 is 5.93. The van der Waals surface area contributed by atoms with Gasteiger partial charge in [0.15, 0.2) is 11.5 Å². The molecule has 0 saturated carbocycles. The third-order valence-electron chi connectivity index (χ3n) is 3.88. The molecule has 2 aliphatic heterocycles. The number of anilines is 1. The zero-order chi connectivity index (χ0) is 18.3. The third kappa shape index (κ3) is 2.66. The van der Waals surface area contributed by atoms with Crippen molar-refractivity contribution < 1.29 is 19.1 Å². The van der Waals surface area contributed by atoms with Crippen LogP contribution in [0.5, 0.6) is 11.5 Å². The summed E-state index contributed by atoms with van der Waals surface area (Å²) in [6.45, 7) is 0.0234. The van der Waals surface area contributed by atoms with Gasteiger partial charge in [-0.1, -0.05) is 17.7 Å². The molecule has 1 saturated heterocycles. The van der Waals surface area contributed by atoms with Gasteiger partial charge >= 0.3 is 0 Å². The van der Waals surface area contributed by atoms with E-state index in [4.69, 9.17) is 21.1 Å². The highest BCUT2D eigenvalue weighted by Crippen LogP contribution is 2.39. The van der Waals surface area contributed by atoms with Crippen molar-refractivity contribution in [2.24, 2.45) is 5.18 Å². The molecular weight excluding hydrogens is 362 g/mol. The van der Waals surface area contributed by atoms with Crippen LogP contribution in [0.2, 0.25) is 5.02 Å². The lowest BCUT2D eigenvalue weighted by Crippen LogP contribution is -2.35. The molecule has 9 heteroatoms. The van der Waals surface area contributed by atoms with Crippen LogP contribution >= 0.6 is 11.6 Å². The SMILES string of the molecule is O=Nc1cc2c(cc1C=C1C(=O)NN(c3cccc(Cl)c3)C1=O)OCO2. The number of nitrogens with zero attached hydrogens (tertiary/aromatic N) is 2. The number of hydrogen-bond acceptors (Lipinski definition) is 6. The molecule has 4 rings (SSSR count). The van der Waals surface area contributed by atoms with Gasteiger partial charge in [-0.3, -0.25) is 15.0 Å². The Morgan fingerprint density at radius 1 is 1.15 bits per heavy atom. The molecule has 0 aromatic heterocycles. The van der Waals surface area contributed by atoms with Crippen molar-refractivity contribution in [3.05, 3.63) is 57.5 Å². The second-order valence-corrected chi connectivity index (χ2v) is 5.91. The molecule has 0 atom stereocenters. The first kappa shape index (κ1) is 16.1. The van der Waals surface area contributed by atoms with Crippen LogP contribution in [0.15, 0.2) is 47.1 Å². The molecular formula is C17H10ClN3O5. The zero-order valence-electron chi connectivity index (χ0n) is 13.1. The number of carbonyl (C=O) groups excluding carboxylic acids is 2. The van der Waals surface area contributed by atoms with Crippen molar-refractivity contribution in [2.75, 3.05) is 11.8 Å². The second kappa shape index (κ2) is 6.16. The number of hydrazine groups is 1. The van der Waals surface area contributed by atoms with Gasteiger partial charge in [0.2, 0.25) is 6.79 Å². The summed E-state index contributed by atoms with van der Waals surface area (Å²) in [5, 5.41) is 4.43. The number of nitroso groups, excluding NO2 is 1. The fourth-order valence-corrected chi connectivity index (χ4v) is 2.84. The van der Waals surface area contributed by atoms with E-state index in [1.165, 1.54) is 18.2 Å². The lowest BCUT2D eigenvalue weighted by atomic mass is 10.1. The van der Waals surface area contributed by atoms with E-state index in [9.17, 15) is 14.5 Å². The summed E-state index contributed by atoms with van der Waals surface area (Å²) in [5.74, 6) is -0.400. The Kier molecular flexibility index (Phi) is 3.81. The number of carbonyl (C=O) groups is 2. The van der Waals surface area contributed by atoms with Crippen molar-refractivity contribution >= 4 is 40.9 Å². The molecule has 26 heavy (non-hydrogen) atoms. The minimum absolute atomic E-state index is 0.0234. The van der Waals surface area contributed by atoms with E-state index < -0.39 is 11.8 Å². The van der Waals surface area contributed by atoms with Crippen LogP contribution in [0.1, 0.15) is 5.56 Å². The molecule has 2 heterocycles. The van der Waals surface area contributed by atoms with Gasteiger partial charge in [0.25, 0.3) is 11.8 Å². The second-order valence-electron chi connectivity index (χ2n) is 5.47. The Hall–Kier alpha value is -3.39. The molecule has 0 aliphatic carbocycles. The molecule has 2 aliphatic rings. The van der Waals surface area contributed by atoms with Gasteiger partial charge in [-0.2, -0.15) is 0 Å². The maximum absolute atomic E-state index is 12.6. The average Bonchev–Trinajstić information content (AvgIpc) is 3.20. The third-order valence-corrected chi connectivity index (χ3v) is 4.11. The lowest BCUT2D eigenvalue weighted by Gasteiger charge is -2.14. The van der Waals surface area contributed by atoms with E-state index in [0.29, 0.717) is 22.2 Å². The predicted molar refractivity (Wildman–Crippen MR) is 93.1 cm³/mol. The summed E-state index contributed by atoms with van der Waals surface area (Å²) < 4.78 is 10.4. The van der Waals surface area contributed by atoms with E-state index in [-0.39, 0.29) is 23.6 Å². The molecule has 0 bridgehead atoms. The quantitative estimate of drug-likeness (QED) is 0.508. The Balaban J connectivity index is 1.73. The zero-order valence-corrected chi connectivity index (χ0v) is 13.8. The van der Waals surface area contributed by atoms with Gasteiger partial charge in [0.1, 0.15) is 11.3 Å². The van der Waals surface area contributed by atoms with Crippen LogP contribution < -0.4 is 19.9 Å². The van der Waals surface area contributed by atoms with Gasteiger partial charge in [0, 0.05) is 16.7 Å². The predicted octanol–water partition coefficient (Wildman–Crippen LogP) is 2.93. The molecule has 2 amide bonds. The van der Waals surface area contributed by atoms with Crippen LogP contribution in [0.3, 0.4) is 0 Å². The van der Waals surface area contributed by atoms with E-state index in [1.54, 1.807) is 24.3 Å². The van der Waals surface area contributed by atoms with Crippen molar-refractivity contribution in [3.63, 3.8) is 0 Å². The van der Waals surface area contributed by atoms with Crippen molar-refractivity contribution in [1.82, 2.24) is 5.43 Å². The number of ether oxygens (including phenoxy) is 2. The van der Waals surface area contributed by atoms with E-state index >= 15 is 0 Å². The highest BCUT2D eigenvalue weighted by Gasteiger charge is 2.35. The molecule has 0 radical (unpaired) electrons. The first-order valence-corrected chi connectivity index (χ1v) is 7.84. The van der Waals surface area contributed by atoms with Gasteiger partial charge < -0.3 is 9.47 Å². The summed E-state index contributed by atoms with van der Waals surface area (Å²) in [7, 11) is 0. The molecule has 8 nitrogen and oxygen atoms in total. The molecule has 2 aromatic carbocycles. The Bertz CT molecular complexity index is 988. The molecule has 0 unspecified atom stereocenters. The fourth-order valence-electron chi connectivity index (χ4n) is 2.65. The van der Waals surface area contributed by atoms with Gasteiger partial charge in [0.05, 0.1) is 5.69 Å². The van der Waals surface area contributed by atoms with Crippen LogP contribution in [-0.4, -0.2) is 18.6 Å². The molecule has 1 N–H and O–H groups in total. The number of hydrogen-bond donors (Lipinski definition) is 1. The number of rotatable bonds is 3. The molecule has 130 valence electrons. The van der Waals surface area contributed by atoms with Crippen LogP contribution in [0, 0.1) is 4.91 Å². The van der Waals surface area contributed by atoms with Gasteiger partial charge in [-0.25, -0.2) is 5.01 Å². The molecule has 2 aromatic rings. The van der Waals surface area contributed by atoms with Crippen LogP contribution in [0.4, 0.5) is 11.4 Å². The Morgan fingerprint density at radius 2 is 1.92 bits per heavy atom. The number of fused-ring (bicyclic) bond motifs is 1. The fraction of sp³-hybridized carbons (Fsp3) is 0.0588. The average molecular weight is 372 g/mol. The van der Waals surface area contributed by atoms with Crippen molar-refractivity contribution in [3.8, 4) is 11.5 Å².